The van der Waals surface area contributed by atoms with E-state index in [2.05, 4.69) is 25.5 Å². The predicted octanol–water partition coefficient (Wildman–Crippen LogP) is 4.29. The van der Waals surface area contributed by atoms with E-state index < -0.39 is 17.6 Å². The molecule has 0 fully saturated rings. The number of carbonyl (C=O) groups is 1. The van der Waals surface area contributed by atoms with Crippen LogP contribution in [0.2, 0.25) is 0 Å². The highest BCUT2D eigenvalue weighted by Crippen LogP contribution is 2.36. The molecular formula is C19H12F3N5O. The molecule has 2 N–H and O–H groups in total. The van der Waals surface area contributed by atoms with E-state index in [1.54, 1.807) is 24.3 Å². The summed E-state index contributed by atoms with van der Waals surface area (Å²) in [6.07, 6.45) is -3.06. The highest BCUT2D eigenvalue weighted by molar-refractivity contribution is 6.11. The second kappa shape index (κ2) is 6.76. The Labute approximate surface area is 156 Å². The molecule has 0 aliphatic carbocycles. The molecule has 2 aromatic heterocycles. The minimum atomic E-state index is -4.53. The average molecular weight is 383 g/mol. The number of hydrogen-bond donors (Lipinski definition) is 2. The standard InChI is InChI=1S/C19H12F3N5O/c20-19(21,22)13-7-2-1-5-11(13)17-24-14-8-3-6-12(16(14)26-17)18(28)25-15-9-4-10-23-27-15/h1-10H,(H,24,26)(H,25,27,28). The molecule has 140 valence electrons. The second-order valence-electron chi connectivity index (χ2n) is 5.89. The van der Waals surface area contributed by atoms with E-state index in [4.69, 9.17) is 0 Å². The lowest BCUT2D eigenvalue weighted by molar-refractivity contribution is -0.137. The number of alkyl halides is 3. The molecule has 2 heterocycles. The Bertz CT molecular complexity index is 1160. The first-order chi connectivity index (χ1) is 13.4. The van der Waals surface area contributed by atoms with Crippen molar-refractivity contribution in [3.8, 4) is 11.4 Å². The second-order valence-corrected chi connectivity index (χ2v) is 5.89. The van der Waals surface area contributed by atoms with Gasteiger partial charge >= 0.3 is 6.18 Å². The fourth-order valence-corrected chi connectivity index (χ4v) is 2.83. The van der Waals surface area contributed by atoms with E-state index in [-0.39, 0.29) is 28.3 Å². The van der Waals surface area contributed by atoms with Crippen LogP contribution < -0.4 is 5.32 Å². The molecule has 0 aliphatic heterocycles. The minimum absolute atomic E-state index is 0.0303. The zero-order valence-electron chi connectivity index (χ0n) is 14.2. The van der Waals surface area contributed by atoms with Crippen LogP contribution in [-0.2, 0) is 6.18 Å². The smallest absolute Gasteiger partial charge is 0.338 e. The van der Waals surface area contributed by atoms with Gasteiger partial charge in [0.05, 0.1) is 16.6 Å². The number of imidazole rings is 1. The Morgan fingerprint density at radius 1 is 1.00 bits per heavy atom. The molecule has 4 aromatic rings. The fourth-order valence-electron chi connectivity index (χ4n) is 2.83. The summed E-state index contributed by atoms with van der Waals surface area (Å²) in [5.74, 6) is -0.210. The first-order valence-electron chi connectivity index (χ1n) is 8.18. The van der Waals surface area contributed by atoms with Crippen molar-refractivity contribution in [2.45, 2.75) is 6.18 Å². The molecule has 6 nitrogen and oxygen atoms in total. The molecule has 4 rings (SSSR count). The van der Waals surface area contributed by atoms with Gasteiger partial charge in [-0.1, -0.05) is 24.3 Å². The van der Waals surface area contributed by atoms with Gasteiger partial charge in [0, 0.05) is 11.8 Å². The van der Waals surface area contributed by atoms with Gasteiger partial charge in [0.15, 0.2) is 5.82 Å². The maximum Gasteiger partial charge on any atom is 0.417 e. The molecule has 2 aromatic carbocycles. The van der Waals surface area contributed by atoms with Crippen LogP contribution in [0.15, 0.2) is 60.8 Å². The number of nitrogens with zero attached hydrogens (tertiary/aromatic N) is 3. The molecular weight excluding hydrogens is 371 g/mol. The fraction of sp³-hybridized carbons (Fsp3) is 0.0526. The van der Waals surface area contributed by atoms with Gasteiger partial charge in [-0.05, 0) is 30.3 Å². The van der Waals surface area contributed by atoms with Crippen LogP contribution in [0.5, 0.6) is 0 Å². The predicted molar refractivity (Wildman–Crippen MR) is 96.5 cm³/mol. The van der Waals surface area contributed by atoms with Gasteiger partial charge in [0.2, 0.25) is 0 Å². The Morgan fingerprint density at radius 2 is 1.82 bits per heavy atom. The van der Waals surface area contributed by atoms with Crippen LogP contribution in [0.25, 0.3) is 22.4 Å². The van der Waals surface area contributed by atoms with Crippen molar-refractivity contribution in [1.29, 1.82) is 0 Å². The number of aromatic nitrogens is 4. The molecule has 0 atom stereocenters. The van der Waals surface area contributed by atoms with Gasteiger partial charge in [0.25, 0.3) is 5.91 Å². The molecule has 1 amide bonds. The van der Waals surface area contributed by atoms with Crippen LogP contribution in [-0.4, -0.2) is 26.1 Å². The zero-order valence-corrected chi connectivity index (χ0v) is 14.2. The number of benzene rings is 2. The maximum atomic E-state index is 13.3. The topological polar surface area (TPSA) is 83.6 Å². The first kappa shape index (κ1) is 17.7. The van der Waals surface area contributed by atoms with E-state index in [0.717, 1.165) is 6.07 Å². The van der Waals surface area contributed by atoms with Crippen molar-refractivity contribution in [1.82, 2.24) is 20.2 Å². The Morgan fingerprint density at radius 3 is 2.57 bits per heavy atom. The van der Waals surface area contributed by atoms with Crippen molar-refractivity contribution < 1.29 is 18.0 Å². The molecule has 9 heteroatoms. The Balaban J connectivity index is 1.78. The largest absolute Gasteiger partial charge is 0.417 e. The number of para-hydroxylation sites is 1. The quantitative estimate of drug-likeness (QED) is 0.553. The average Bonchev–Trinajstić information content (AvgIpc) is 3.12. The SMILES string of the molecule is O=C(Nc1cccnn1)c1cccc2[nH]c(-c3ccccc3C(F)(F)F)nc12. The first-order valence-corrected chi connectivity index (χ1v) is 8.18. The lowest BCUT2D eigenvalue weighted by atomic mass is 10.1. The van der Waals surface area contributed by atoms with E-state index in [1.165, 1.54) is 30.5 Å². The summed E-state index contributed by atoms with van der Waals surface area (Å²) in [6.45, 7) is 0. The number of fused-ring (bicyclic) bond motifs is 1. The molecule has 0 radical (unpaired) electrons. The van der Waals surface area contributed by atoms with Gasteiger partial charge in [0.1, 0.15) is 11.3 Å². The normalized spacial score (nSPS) is 11.5. The zero-order chi connectivity index (χ0) is 19.7. The van der Waals surface area contributed by atoms with E-state index in [1.807, 2.05) is 0 Å². The number of hydrogen-bond acceptors (Lipinski definition) is 4. The van der Waals surface area contributed by atoms with Crippen molar-refractivity contribution in [3.05, 3.63) is 71.9 Å². The molecule has 0 unspecified atom stereocenters. The number of nitrogens with one attached hydrogen (secondary N) is 2. The summed E-state index contributed by atoms with van der Waals surface area (Å²) in [5, 5.41) is 10.0. The maximum absolute atomic E-state index is 13.3. The highest BCUT2D eigenvalue weighted by atomic mass is 19.4. The summed E-state index contributed by atoms with van der Waals surface area (Å²) in [5.41, 5.74) is 0.0101. The third kappa shape index (κ3) is 3.29. The summed E-state index contributed by atoms with van der Waals surface area (Å²) < 4.78 is 40.0. The number of H-pyrrole nitrogens is 1. The van der Waals surface area contributed by atoms with E-state index >= 15 is 0 Å². The number of anilines is 1. The summed E-state index contributed by atoms with van der Waals surface area (Å²) in [6, 6.07) is 13.1. The number of amides is 1. The lowest BCUT2D eigenvalue weighted by Gasteiger charge is -2.10. The summed E-state index contributed by atoms with van der Waals surface area (Å²) >= 11 is 0. The monoisotopic (exact) mass is 383 g/mol. The van der Waals surface area contributed by atoms with Gasteiger partial charge in [-0.25, -0.2) is 4.98 Å². The van der Waals surface area contributed by atoms with Gasteiger partial charge in [-0.15, -0.1) is 5.10 Å². The number of rotatable bonds is 3. The van der Waals surface area contributed by atoms with E-state index in [9.17, 15) is 18.0 Å². The molecule has 0 aliphatic rings. The Kier molecular flexibility index (Phi) is 4.26. The van der Waals surface area contributed by atoms with Crippen LogP contribution in [0.3, 0.4) is 0 Å². The van der Waals surface area contributed by atoms with Crippen LogP contribution in [0.4, 0.5) is 19.0 Å². The molecule has 0 spiro atoms. The van der Waals surface area contributed by atoms with Gasteiger partial charge in [-0.3, -0.25) is 4.79 Å². The van der Waals surface area contributed by atoms with Crippen LogP contribution in [0.1, 0.15) is 15.9 Å². The summed E-state index contributed by atoms with van der Waals surface area (Å²) in [4.78, 5) is 19.7. The molecule has 28 heavy (non-hydrogen) atoms. The minimum Gasteiger partial charge on any atom is -0.338 e. The van der Waals surface area contributed by atoms with Crippen LogP contribution in [0, 0.1) is 0 Å². The van der Waals surface area contributed by atoms with E-state index in [0.29, 0.717) is 5.52 Å². The molecule has 0 saturated heterocycles. The lowest BCUT2D eigenvalue weighted by Crippen LogP contribution is -2.13. The van der Waals surface area contributed by atoms with Gasteiger partial charge < -0.3 is 10.3 Å². The Hall–Kier alpha value is -3.75. The molecule has 0 bridgehead atoms. The third-order valence-electron chi connectivity index (χ3n) is 4.06. The van der Waals surface area contributed by atoms with Crippen molar-refractivity contribution in [2.75, 3.05) is 5.32 Å². The van der Waals surface area contributed by atoms with Crippen LogP contribution >= 0.6 is 0 Å². The van der Waals surface area contributed by atoms with Crippen molar-refractivity contribution >= 4 is 22.8 Å². The number of aromatic amines is 1. The number of carbonyl (C=O) groups excluding carboxylic acids is 1. The van der Waals surface area contributed by atoms with Crippen molar-refractivity contribution in [2.24, 2.45) is 0 Å². The van der Waals surface area contributed by atoms with Gasteiger partial charge in [-0.2, -0.15) is 18.3 Å². The number of halogens is 3. The third-order valence-corrected chi connectivity index (χ3v) is 4.06. The highest BCUT2D eigenvalue weighted by Gasteiger charge is 2.34. The van der Waals surface area contributed by atoms with Crippen molar-refractivity contribution in [3.63, 3.8) is 0 Å². The summed E-state index contributed by atoms with van der Waals surface area (Å²) in [7, 11) is 0. The molecule has 0 saturated carbocycles.